The lowest BCUT2D eigenvalue weighted by Gasteiger charge is -2.34. The second-order valence-corrected chi connectivity index (χ2v) is 5.45. The van der Waals surface area contributed by atoms with E-state index in [2.05, 4.69) is 0 Å². The summed E-state index contributed by atoms with van der Waals surface area (Å²) in [6, 6.07) is 3.29. The van der Waals surface area contributed by atoms with Crippen LogP contribution in [-0.2, 0) is 16.9 Å². The summed E-state index contributed by atoms with van der Waals surface area (Å²) in [5.41, 5.74) is -0.0000992. The number of benzene rings is 1. The first-order valence-corrected chi connectivity index (χ1v) is 7.14. The molecule has 0 unspecified atom stereocenters. The minimum absolute atomic E-state index is 0.332. The molecule has 0 spiro atoms. The van der Waals surface area contributed by atoms with Crippen molar-refractivity contribution in [2.75, 3.05) is 14.2 Å². The first-order chi connectivity index (χ1) is 10.1. The van der Waals surface area contributed by atoms with Crippen LogP contribution in [0.2, 0.25) is 0 Å². The van der Waals surface area contributed by atoms with Crippen molar-refractivity contribution in [3.63, 3.8) is 0 Å². The summed E-state index contributed by atoms with van der Waals surface area (Å²) in [4.78, 5) is 11.9. The standard InChI is InChI=1S/C16H21FO4/c1-20-13-9-12(8-11(10-17)14(13)21-2)16(15(18)19)6-4-3-5-7-16/h8-9H,3-7,10H2,1-2H3,(H,18,19). The highest BCUT2D eigenvalue weighted by molar-refractivity contribution is 5.82. The average Bonchev–Trinajstić information content (AvgIpc) is 2.53. The number of carboxylic acid groups (broad SMARTS) is 1. The van der Waals surface area contributed by atoms with Gasteiger partial charge in [0, 0.05) is 5.56 Å². The molecule has 0 aromatic heterocycles. The fourth-order valence-electron chi connectivity index (χ4n) is 3.20. The molecule has 1 fully saturated rings. The van der Waals surface area contributed by atoms with E-state index in [4.69, 9.17) is 9.47 Å². The first kappa shape index (κ1) is 15.6. The Hall–Kier alpha value is -1.78. The molecule has 0 atom stereocenters. The topological polar surface area (TPSA) is 55.8 Å². The Morgan fingerprint density at radius 2 is 1.90 bits per heavy atom. The Morgan fingerprint density at radius 1 is 1.24 bits per heavy atom. The van der Waals surface area contributed by atoms with Crippen molar-refractivity contribution in [2.45, 2.75) is 44.2 Å². The zero-order valence-electron chi connectivity index (χ0n) is 12.4. The van der Waals surface area contributed by atoms with Crippen molar-refractivity contribution in [3.05, 3.63) is 23.3 Å². The van der Waals surface area contributed by atoms with Gasteiger partial charge in [-0.3, -0.25) is 4.79 Å². The lowest BCUT2D eigenvalue weighted by atomic mass is 9.69. The number of carbonyl (C=O) groups is 1. The van der Waals surface area contributed by atoms with Crippen LogP contribution in [0.1, 0.15) is 43.2 Å². The van der Waals surface area contributed by atoms with Crippen LogP contribution in [0.4, 0.5) is 4.39 Å². The van der Waals surface area contributed by atoms with Crippen molar-refractivity contribution in [1.29, 1.82) is 0 Å². The predicted molar refractivity (Wildman–Crippen MR) is 76.8 cm³/mol. The van der Waals surface area contributed by atoms with E-state index in [1.54, 1.807) is 12.1 Å². The van der Waals surface area contributed by atoms with Crippen LogP contribution >= 0.6 is 0 Å². The highest BCUT2D eigenvalue weighted by Crippen LogP contribution is 2.44. The largest absolute Gasteiger partial charge is 0.493 e. The Balaban J connectivity index is 2.58. The Morgan fingerprint density at radius 3 is 2.38 bits per heavy atom. The number of halogens is 1. The van der Waals surface area contributed by atoms with E-state index < -0.39 is 18.1 Å². The molecule has 0 amide bonds. The van der Waals surface area contributed by atoms with Gasteiger partial charge in [-0.1, -0.05) is 19.3 Å². The Bertz CT molecular complexity index is 496. The van der Waals surface area contributed by atoms with Crippen LogP contribution in [-0.4, -0.2) is 25.3 Å². The summed E-state index contributed by atoms with van der Waals surface area (Å²) in [6.07, 6.45) is 3.92. The van der Waals surface area contributed by atoms with Crippen molar-refractivity contribution in [1.82, 2.24) is 0 Å². The maximum atomic E-state index is 13.3. The number of hydrogen-bond donors (Lipinski definition) is 1. The third kappa shape index (κ3) is 2.69. The molecule has 0 radical (unpaired) electrons. The van der Waals surface area contributed by atoms with Crippen LogP contribution in [0.5, 0.6) is 11.5 Å². The highest BCUT2D eigenvalue weighted by atomic mass is 19.1. The molecule has 1 saturated carbocycles. The SMILES string of the molecule is COc1cc(C2(C(=O)O)CCCCC2)cc(CF)c1OC. The predicted octanol–water partition coefficient (Wildman–Crippen LogP) is 3.46. The molecule has 1 N–H and O–H groups in total. The third-order valence-corrected chi connectivity index (χ3v) is 4.37. The number of ether oxygens (including phenoxy) is 2. The van der Waals surface area contributed by atoms with Crippen molar-refractivity contribution < 1.29 is 23.8 Å². The van der Waals surface area contributed by atoms with Crippen LogP contribution in [0, 0.1) is 0 Å². The van der Waals surface area contributed by atoms with Crippen molar-refractivity contribution in [3.8, 4) is 11.5 Å². The zero-order valence-corrected chi connectivity index (χ0v) is 12.4. The van der Waals surface area contributed by atoms with Crippen LogP contribution in [0.25, 0.3) is 0 Å². The minimum atomic E-state index is -0.943. The molecule has 116 valence electrons. The number of hydrogen-bond acceptors (Lipinski definition) is 3. The summed E-state index contributed by atoms with van der Waals surface area (Å²) in [5.74, 6) is -0.131. The molecule has 0 heterocycles. The molecule has 1 aromatic rings. The smallest absolute Gasteiger partial charge is 0.314 e. The van der Waals surface area contributed by atoms with Gasteiger partial charge in [0.2, 0.25) is 0 Å². The fourth-order valence-corrected chi connectivity index (χ4v) is 3.20. The van der Waals surface area contributed by atoms with Gasteiger partial charge in [0.1, 0.15) is 6.67 Å². The van der Waals surface area contributed by atoms with Gasteiger partial charge in [-0.05, 0) is 30.5 Å². The number of carboxylic acids is 1. The van der Waals surface area contributed by atoms with E-state index in [0.29, 0.717) is 35.5 Å². The van der Waals surface area contributed by atoms with Gasteiger partial charge in [-0.15, -0.1) is 0 Å². The van der Waals surface area contributed by atoms with Gasteiger partial charge >= 0.3 is 5.97 Å². The van der Waals surface area contributed by atoms with Crippen LogP contribution < -0.4 is 9.47 Å². The second-order valence-electron chi connectivity index (χ2n) is 5.45. The molecule has 1 aromatic carbocycles. The van der Waals surface area contributed by atoms with Gasteiger partial charge in [0.25, 0.3) is 0 Å². The maximum absolute atomic E-state index is 13.3. The molecule has 2 rings (SSSR count). The van der Waals surface area contributed by atoms with Gasteiger partial charge in [-0.25, -0.2) is 4.39 Å². The summed E-state index contributed by atoms with van der Waals surface area (Å²) in [7, 11) is 2.92. The Labute approximate surface area is 123 Å². The fraction of sp³-hybridized carbons (Fsp3) is 0.562. The van der Waals surface area contributed by atoms with E-state index in [9.17, 15) is 14.3 Å². The molecular weight excluding hydrogens is 275 g/mol. The monoisotopic (exact) mass is 296 g/mol. The van der Waals surface area contributed by atoms with E-state index >= 15 is 0 Å². The van der Waals surface area contributed by atoms with Gasteiger partial charge in [-0.2, -0.15) is 0 Å². The summed E-state index contributed by atoms with van der Waals surface area (Å²) >= 11 is 0. The molecule has 0 saturated heterocycles. The summed E-state index contributed by atoms with van der Waals surface area (Å²) in [6.45, 7) is -0.719. The molecule has 0 aliphatic heterocycles. The summed E-state index contributed by atoms with van der Waals surface area (Å²) in [5, 5.41) is 9.73. The zero-order chi connectivity index (χ0) is 15.5. The summed E-state index contributed by atoms with van der Waals surface area (Å²) < 4.78 is 23.7. The van der Waals surface area contributed by atoms with E-state index in [1.807, 2.05) is 0 Å². The van der Waals surface area contributed by atoms with Crippen molar-refractivity contribution >= 4 is 5.97 Å². The minimum Gasteiger partial charge on any atom is -0.493 e. The second kappa shape index (κ2) is 6.33. The normalized spacial score (nSPS) is 17.3. The van der Waals surface area contributed by atoms with E-state index in [-0.39, 0.29) is 0 Å². The highest BCUT2D eigenvalue weighted by Gasteiger charge is 2.42. The third-order valence-electron chi connectivity index (χ3n) is 4.37. The number of methoxy groups -OCH3 is 2. The molecular formula is C16H21FO4. The number of rotatable bonds is 5. The van der Waals surface area contributed by atoms with Crippen LogP contribution in [0.15, 0.2) is 12.1 Å². The molecule has 21 heavy (non-hydrogen) atoms. The van der Waals surface area contributed by atoms with E-state index in [1.165, 1.54) is 14.2 Å². The average molecular weight is 296 g/mol. The maximum Gasteiger partial charge on any atom is 0.314 e. The molecule has 4 nitrogen and oxygen atoms in total. The number of alkyl halides is 1. The number of aliphatic carboxylic acids is 1. The lowest BCUT2D eigenvalue weighted by Crippen LogP contribution is -2.38. The van der Waals surface area contributed by atoms with Gasteiger partial charge in [0.15, 0.2) is 11.5 Å². The van der Waals surface area contributed by atoms with E-state index in [0.717, 1.165) is 19.3 Å². The van der Waals surface area contributed by atoms with Gasteiger partial charge < -0.3 is 14.6 Å². The molecule has 5 heteroatoms. The first-order valence-electron chi connectivity index (χ1n) is 7.14. The Kier molecular flexibility index (Phi) is 4.70. The van der Waals surface area contributed by atoms with Gasteiger partial charge in [0.05, 0.1) is 19.6 Å². The van der Waals surface area contributed by atoms with Crippen LogP contribution in [0.3, 0.4) is 0 Å². The molecule has 0 bridgehead atoms. The lowest BCUT2D eigenvalue weighted by molar-refractivity contribution is -0.145. The molecule has 1 aliphatic carbocycles. The quantitative estimate of drug-likeness (QED) is 0.904. The van der Waals surface area contributed by atoms with Crippen molar-refractivity contribution in [2.24, 2.45) is 0 Å². The molecule has 1 aliphatic rings.